The summed E-state index contributed by atoms with van der Waals surface area (Å²) in [7, 11) is 0. The fraction of sp³-hybridized carbons (Fsp3) is 0.643. The molecule has 0 radical (unpaired) electrons. The van der Waals surface area contributed by atoms with Gasteiger partial charge in [-0.1, -0.05) is 60.4 Å². The van der Waals surface area contributed by atoms with Crippen LogP contribution in [0, 0.1) is 11.8 Å². The molecular weight excluding hydrogens is 384 g/mol. The van der Waals surface area contributed by atoms with Crippen LogP contribution in [0.2, 0.25) is 0 Å². The molecule has 0 aliphatic heterocycles. The summed E-state index contributed by atoms with van der Waals surface area (Å²) in [4.78, 5) is 24.5. The van der Waals surface area contributed by atoms with Crippen LogP contribution in [-0.2, 0) is 14.3 Å². The molecule has 0 aliphatic rings. The van der Waals surface area contributed by atoms with Crippen LogP contribution in [0.5, 0.6) is 0 Å². The van der Waals surface area contributed by atoms with Gasteiger partial charge in [0.15, 0.2) is 0 Å². The van der Waals surface area contributed by atoms with Crippen molar-refractivity contribution in [2.45, 2.75) is 100 Å². The Morgan fingerprint density at radius 1 is 0.742 bits per heavy atom. The van der Waals surface area contributed by atoms with Gasteiger partial charge in [0, 0.05) is 5.92 Å². The Hall–Kier alpha value is -1.90. The van der Waals surface area contributed by atoms with Crippen molar-refractivity contribution in [2.24, 2.45) is 11.8 Å². The third-order valence-corrected chi connectivity index (χ3v) is 5.34. The average molecular weight is 431 g/mol. The molecule has 0 aromatic carbocycles. The summed E-state index contributed by atoms with van der Waals surface area (Å²) in [5, 5.41) is 0. The average Bonchev–Trinajstić information content (AvgIpc) is 2.67. The molecule has 0 aromatic rings. The first-order chi connectivity index (χ1) is 14.6. The summed E-state index contributed by atoms with van der Waals surface area (Å²) >= 11 is 0. The Kier molecular flexibility index (Phi) is 15.7. The summed E-state index contributed by atoms with van der Waals surface area (Å²) in [6, 6.07) is 0. The lowest BCUT2D eigenvalue weighted by molar-refractivity contribution is -0.152. The number of ketones is 1. The number of allylic oxidation sites excluding steroid dienone is 8. The van der Waals surface area contributed by atoms with Crippen molar-refractivity contribution in [2.75, 3.05) is 6.61 Å². The fourth-order valence-corrected chi connectivity index (χ4v) is 3.28. The Morgan fingerprint density at radius 2 is 1.19 bits per heavy atom. The first-order valence-corrected chi connectivity index (χ1v) is 11.9. The highest BCUT2D eigenvalue weighted by molar-refractivity contribution is 6.00. The monoisotopic (exact) mass is 430 g/mol. The van der Waals surface area contributed by atoms with Crippen molar-refractivity contribution in [3.63, 3.8) is 0 Å². The quantitative estimate of drug-likeness (QED) is 0.150. The summed E-state index contributed by atoms with van der Waals surface area (Å²) in [6.45, 7) is 16.5. The predicted molar refractivity (Wildman–Crippen MR) is 133 cm³/mol. The van der Waals surface area contributed by atoms with E-state index in [1.165, 1.54) is 22.3 Å². The number of carbonyl (C=O) groups is 2. The Labute approximate surface area is 191 Å². The van der Waals surface area contributed by atoms with Gasteiger partial charge in [-0.15, -0.1) is 0 Å². The normalized spacial score (nSPS) is 13.9. The smallest absolute Gasteiger partial charge is 0.316 e. The lowest BCUT2D eigenvalue weighted by Crippen LogP contribution is -2.29. The van der Waals surface area contributed by atoms with Gasteiger partial charge in [0.25, 0.3) is 0 Å². The Balaban J connectivity index is 4.52. The van der Waals surface area contributed by atoms with E-state index in [0.717, 1.165) is 38.5 Å². The van der Waals surface area contributed by atoms with E-state index in [2.05, 4.69) is 52.8 Å². The molecule has 0 aromatic heterocycles. The molecule has 1 atom stereocenters. The van der Waals surface area contributed by atoms with E-state index in [1.807, 2.05) is 19.9 Å². The minimum Gasteiger partial charge on any atom is -0.465 e. The minimum absolute atomic E-state index is 0.0394. The molecule has 0 N–H and O–H groups in total. The van der Waals surface area contributed by atoms with E-state index in [4.69, 9.17) is 4.74 Å². The molecule has 0 rings (SSSR count). The zero-order chi connectivity index (χ0) is 23.8. The SMILES string of the molecule is CCOC(=O)C(C/C=C(\C)CC/C=C(\C)CC/C=C(\C)CCC=C(C)C)C(=O)C(C)C. The van der Waals surface area contributed by atoms with Crippen LogP contribution in [-0.4, -0.2) is 18.4 Å². The van der Waals surface area contributed by atoms with Gasteiger partial charge < -0.3 is 4.74 Å². The van der Waals surface area contributed by atoms with Crippen molar-refractivity contribution in [3.05, 3.63) is 46.6 Å². The van der Waals surface area contributed by atoms with Gasteiger partial charge >= 0.3 is 5.97 Å². The Bertz CT molecular complexity index is 670. The molecule has 0 bridgehead atoms. The van der Waals surface area contributed by atoms with E-state index < -0.39 is 11.9 Å². The highest BCUT2D eigenvalue weighted by atomic mass is 16.5. The second-order valence-electron chi connectivity index (χ2n) is 9.15. The fourth-order valence-electron chi connectivity index (χ4n) is 3.28. The molecule has 0 aliphatic carbocycles. The topological polar surface area (TPSA) is 43.4 Å². The molecule has 0 spiro atoms. The van der Waals surface area contributed by atoms with E-state index in [1.54, 1.807) is 6.92 Å². The summed E-state index contributed by atoms with van der Waals surface area (Å²) in [5.74, 6) is -1.29. The molecule has 31 heavy (non-hydrogen) atoms. The number of carbonyl (C=O) groups excluding carboxylic acids is 2. The lowest BCUT2D eigenvalue weighted by Gasteiger charge is -2.15. The number of hydrogen-bond donors (Lipinski definition) is 0. The number of esters is 1. The molecule has 3 nitrogen and oxygen atoms in total. The van der Waals surface area contributed by atoms with Gasteiger partial charge in [0.2, 0.25) is 0 Å². The van der Waals surface area contributed by atoms with Gasteiger partial charge in [-0.3, -0.25) is 9.59 Å². The van der Waals surface area contributed by atoms with Crippen molar-refractivity contribution in [1.29, 1.82) is 0 Å². The third-order valence-electron chi connectivity index (χ3n) is 5.34. The van der Waals surface area contributed by atoms with Crippen molar-refractivity contribution in [3.8, 4) is 0 Å². The second kappa shape index (κ2) is 16.8. The second-order valence-corrected chi connectivity index (χ2v) is 9.15. The van der Waals surface area contributed by atoms with Crippen molar-refractivity contribution >= 4 is 11.8 Å². The zero-order valence-electron chi connectivity index (χ0n) is 21.3. The van der Waals surface area contributed by atoms with Crippen LogP contribution >= 0.6 is 0 Å². The third kappa shape index (κ3) is 14.7. The summed E-state index contributed by atoms with van der Waals surface area (Å²) in [5.41, 5.74) is 5.49. The van der Waals surface area contributed by atoms with E-state index >= 15 is 0 Å². The maximum absolute atomic E-state index is 12.4. The predicted octanol–water partition coefficient (Wildman–Crippen LogP) is 7.93. The maximum atomic E-state index is 12.4. The van der Waals surface area contributed by atoms with Crippen LogP contribution in [0.15, 0.2) is 46.6 Å². The zero-order valence-corrected chi connectivity index (χ0v) is 21.3. The van der Waals surface area contributed by atoms with E-state index in [9.17, 15) is 9.59 Å². The number of hydrogen-bond acceptors (Lipinski definition) is 3. The highest BCUT2D eigenvalue weighted by Crippen LogP contribution is 2.18. The van der Waals surface area contributed by atoms with Crippen molar-refractivity contribution in [1.82, 2.24) is 0 Å². The van der Waals surface area contributed by atoms with Gasteiger partial charge in [-0.25, -0.2) is 0 Å². The highest BCUT2D eigenvalue weighted by Gasteiger charge is 2.28. The van der Waals surface area contributed by atoms with Crippen LogP contribution < -0.4 is 0 Å². The van der Waals surface area contributed by atoms with Gasteiger partial charge in [0.05, 0.1) is 6.61 Å². The molecule has 0 amide bonds. The Morgan fingerprint density at radius 3 is 1.61 bits per heavy atom. The molecular formula is C28H46O3. The van der Waals surface area contributed by atoms with Crippen LogP contribution in [0.4, 0.5) is 0 Å². The van der Waals surface area contributed by atoms with E-state index in [-0.39, 0.29) is 11.7 Å². The van der Waals surface area contributed by atoms with E-state index in [0.29, 0.717) is 13.0 Å². The van der Waals surface area contributed by atoms with Crippen LogP contribution in [0.25, 0.3) is 0 Å². The minimum atomic E-state index is -0.682. The first kappa shape index (κ1) is 29.1. The molecule has 1 unspecified atom stereocenters. The van der Waals surface area contributed by atoms with Gasteiger partial charge in [-0.2, -0.15) is 0 Å². The standard InChI is InChI=1S/C28H46O3/c1-9-31-28(30)26(27(29)22(4)5)20-19-25(8)18-12-17-24(7)16-11-15-23(6)14-10-13-21(2)3/h13,15,17,19,22,26H,9-12,14,16,18,20H2,1-8H3/b23-15+,24-17+,25-19+. The summed E-state index contributed by atoms with van der Waals surface area (Å²) in [6.07, 6.45) is 15.8. The van der Waals surface area contributed by atoms with Crippen LogP contribution in [0.3, 0.4) is 0 Å². The molecule has 0 saturated heterocycles. The van der Waals surface area contributed by atoms with Gasteiger partial charge in [-0.05, 0) is 86.5 Å². The van der Waals surface area contributed by atoms with Crippen LogP contribution in [0.1, 0.15) is 100 Å². The molecule has 3 heteroatoms. The lowest BCUT2D eigenvalue weighted by atomic mass is 9.91. The first-order valence-electron chi connectivity index (χ1n) is 11.9. The molecule has 0 saturated carbocycles. The number of ether oxygens (including phenoxy) is 1. The van der Waals surface area contributed by atoms with Crippen molar-refractivity contribution < 1.29 is 14.3 Å². The summed E-state index contributed by atoms with van der Waals surface area (Å²) < 4.78 is 5.10. The molecule has 0 fully saturated rings. The maximum Gasteiger partial charge on any atom is 0.316 e. The number of rotatable bonds is 15. The number of Topliss-reactive ketones (excluding diaryl/α,β-unsaturated/α-hetero) is 1. The molecule has 176 valence electrons. The molecule has 0 heterocycles. The largest absolute Gasteiger partial charge is 0.465 e. The van der Waals surface area contributed by atoms with Gasteiger partial charge in [0.1, 0.15) is 11.7 Å².